The Hall–Kier alpha value is -2.41. The van der Waals surface area contributed by atoms with Crippen molar-refractivity contribution < 1.29 is 8.78 Å². The van der Waals surface area contributed by atoms with Crippen LogP contribution < -0.4 is 5.32 Å². The molecule has 2 aromatic carbocycles. The van der Waals surface area contributed by atoms with E-state index < -0.39 is 5.82 Å². The van der Waals surface area contributed by atoms with Gasteiger partial charge in [0.15, 0.2) is 0 Å². The molecule has 2 aromatic rings. The Kier molecular flexibility index (Phi) is 3.76. The van der Waals surface area contributed by atoms with Crippen LogP contribution in [0.5, 0.6) is 0 Å². The van der Waals surface area contributed by atoms with Gasteiger partial charge in [0.1, 0.15) is 11.6 Å². The lowest BCUT2D eigenvalue weighted by atomic mass is 10.1. The van der Waals surface area contributed by atoms with Crippen molar-refractivity contribution in [2.75, 3.05) is 5.32 Å². The summed E-state index contributed by atoms with van der Waals surface area (Å²) in [6.45, 7) is 1.90. The molecule has 0 bridgehead atoms. The van der Waals surface area contributed by atoms with Crippen LogP contribution in [-0.4, -0.2) is 0 Å². The van der Waals surface area contributed by atoms with Crippen LogP contribution in [0.2, 0.25) is 0 Å². The van der Waals surface area contributed by atoms with Gasteiger partial charge in [0.05, 0.1) is 11.6 Å². The predicted molar refractivity (Wildman–Crippen MR) is 69.6 cm³/mol. The lowest BCUT2D eigenvalue weighted by molar-refractivity contribution is 0.611. The van der Waals surface area contributed by atoms with Crippen LogP contribution in [0.3, 0.4) is 0 Å². The van der Waals surface area contributed by atoms with Gasteiger partial charge in [-0.2, -0.15) is 5.26 Å². The average Bonchev–Trinajstić information content (AvgIpc) is 2.41. The maximum atomic E-state index is 13.7. The van der Waals surface area contributed by atoms with Crippen LogP contribution in [0, 0.1) is 29.9 Å². The van der Waals surface area contributed by atoms with Gasteiger partial charge in [-0.1, -0.05) is 12.1 Å². The van der Waals surface area contributed by atoms with Crippen molar-refractivity contribution in [3.63, 3.8) is 0 Å². The van der Waals surface area contributed by atoms with Crippen LogP contribution in [0.4, 0.5) is 14.5 Å². The summed E-state index contributed by atoms with van der Waals surface area (Å²) in [5, 5.41) is 11.6. The van der Waals surface area contributed by atoms with Crippen LogP contribution in [-0.2, 0) is 6.54 Å². The van der Waals surface area contributed by atoms with Crippen LogP contribution in [0.15, 0.2) is 36.4 Å². The predicted octanol–water partition coefficient (Wildman–Crippen LogP) is 3.76. The van der Waals surface area contributed by atoms with E-state index in [1.54, 1.807) is 31.2 Å². The molecule has 0 radical (unpaired) electrons. The summed E-state index contributed by atoms with van der Waals surface area (Å²) in [7, 11) is 0. The molecule has 4 heteroatoms. The van der Waals surface area contributed by atoms with E-state index in [9.17, 15) is 8.78 Å². The van der Waals surface area contributed by atoms with Gasteiger partial charge in [-0.05, 0) is 31.2 Å². The molecule has 0 spiro atoms. The standard InChI is InChI=1S/C15H12F2N2/c1-10-13(16)3-2-4-15(10)19-9-12-6-5-11(8-18)7-14(12)17/h2-7,19H,9H2,1H3. The van der Waals surface area contributed by atoms with Gasteiger partial charge >= 0.3 is 0 Å². The number of nitrogens with one attached hydrogen (secondary N) is 1. The first-order valence-electron chi connectivity index (χ1n) is 5.79. The second-order valence-corrected chi connectivity index (χ2v) is 4.18. The minimum Gasteiger partial charge on any atom is -0.381 e. The van der Waals surface area contributed by atoms with E-state index in [1.807, 2.05) is 6.07 Å². The fourth-order valence-electron chi connectivity index (χ4n) is 1.75. The molecule has 1 N–H and O–H groups in total. The Bertz CT molecular complexity index is 645. The van der Waals surface area contributed by atoms with E-state index in [0.29, 0.717) is 16.8 Å². The number of nitrogens with zero attached hydrogens (tertiary/aromatic N) is 1. The Morgan fingerprint density at radius 3 is 2.63 bits per heavy atom. The lowest BCUT2D eigenvalue weighted by Crippen LogP contribution is -2.04. The molecule has 0 aromatic heterocycles. The molecule has 19 heavy (non-hydrogen) atoms. The van der Waals surface area contributed by atoms with Crippen LogP contribution >= 0.6 is 0 Å². The molecular weight excluding hydrogens is 246 g/mol. The summed E-state index contributed by atoms with van der Waals surface area (Å²) in [5.74, 6) is -0.745. The monoisotopic (exact) mass is 258 g/mol. The molecule has 96 valence electrons. The quantitative estimate of drug-likeness (QED) is 0.909. The summed E-state index contributed by atoms with van der Waals surface area (Å²) >= 11 is 0. The normalized spacial score (nSPS) is 10.0. The molecule has 2 rings (SSSR count). The molecular formula is C15H12F2N2. The number of nitriles is 1. The van der Waals surface area contributed by atoms with Crippen LogP contribution in [0.1, 0.15) is 16.7 Å². The van der Waals surface area contributed by atoms with Crippen molar-refractivity contribution in [2.24, 2.45) is 0 Å². The van der Waals surface area contributed by atoms with Gasteiger partial charge in [0.2, 0.25) is 0 Å². The molecule has 0 unspecified atom stereocenters. The lowest BCUT2D eigenvalue weighted by Gasteiger charge is -2.10. The van der Waals surface area contributed by atoms with Crippen molar-refractivity contribution in [1.29, 1.82) is 5.26 Å². The number of benzene rings is 2. The zero-order chi connectivity index (χ0) is 13.8. The first-order chi connectivity index (χ1) is 9.11. The Morgan fingerprint density at radius 2 is 1.95 bits per heavy atom. The van der Waals surface area contributed by atoms with E-state index in [4.69, 9.17) is 5.26 Å². The number of halogens is 2. The third-order valence-corrected chi connectivity index (χ3v) is 2.92. The number of rotatable bonds is 3. The second kappa shape index (κ2) is 5.49. The summed E-state index contributed by atoms with van der Waals surface area (Å²) in [6, 6.07) is 10.9. The van der Waals surface area contributed by atoms with Gasteiger partial charge < -0.3 is 5.32 Å². The first kappa shape index (κ1) is 13.0. The highest BCUT2D eigenvalue weighted by atomic mass is 19.1. The van der Waals surface area contributed by atoms with Gasteiger partial charge in [-0.15, -0.1) is 0 Å². The average molecular weight is 258 g/mol. The van der Waals surface area contributed by atoms with Crippen molar-refractivity contribution in [3.05, 3.63) is 64.7 Å². The van der Waals surface area contributed by atoms with E-state index in [1.165, 1.54) is 12.1 Å². The van der Waals surface area contributed by atoms with Crippen molar-refractivity contribution in [3.8, 4) is 6.07 Å². The second-order valence-electron chi connectivity index (χ2n) is 4.18. The first-order valence-corrected chi connectivity index (χ1v) is 5.79. The third-order valence-electron chi connectivity index (χ3n) is 2.92. The van der Waals surface area contributed by atoms with Crippen molar-refractivity contribution >= 4 is 5.69 Å². The van der Waals surface area contributed by atoms with Gasteiger partial charge in [0, 0.05) is 23.4 Å². The molecule has 0 saturated carbocycles. The molecule has 0 fully saturated rings. The van der Waals surface area contributed by atoms with Gasteiger partial charge in [-0.3, -0.25) is 0 Å². The SMILES string of the molecule is Cc1c(F)cccc1NCc1ccc(C#N)cc1F. The smallest absolute Gasteiger partial charge is 0.129 e. The molecule has 0 aliphatic heterocycles. The fourth-order valence-corrected chi connectivity index (χ4v) is 1.75. The Morgan fingerprint density at radius 1 is 1.16 bits per heavy atom. The van der Waals surface area contributed by atoms with Crippen molar-refractivity contribution in [2.45, 2.75) is 13.5 Å². The van der Waals surface area contributed by atoms with E-state index in [-0.39, 0.29) is 17.9 Å². The third kappa shape index (κ3) is 2.89. The topological polar surface area (TPSA) is 35.8 Å². The zero-order valence-electron chi connectivity index (χ0n) is 10.4. The van der Waals surface area contributed by atoms with E-state index in [2.05, 4.69) is 5.32 Å². The Balaban J connectivity index is 2.15. The number of anilines is 1. The summed E-state index contributed by atoms with van der Waals surface area (Å²) < 4.78 is 27.0. The highest BCUT2D eigenvalue weighted by molar-refractivity contribution is 5.51. The highest BCUT2D eigenvalue weighted by Crippen LogP contribution is 2.19. The van der Waals surface area contributed by atoms with Crippen molar-refractivity contribution in [1.82, 2.24) is 0 Å². The number of hydrogen-bond acceptors (Lipinski definition) is 2. The maximum Gasteiger partial charge on any atom is 0.129 e. The minimum absolute atomic E-state index is 0.238. The fraction of sp³-hybridized carbons (Fsp3) is 0.133. The Labute approximate surface area is 110 Å². The number of hydrogen-bond donors (Lipinski definition) is 1. The van der Waals surface area contributed by atoms with Gasteiger partial charge in [-0.25, -0.2) is 8.78 Å². The molecule has 0 atom stereocenters. The molecule has 0 aliphatic rings. The molecule has 0 aliphatic carbocycles. The summed E-state index contributed by atoms with van der Waals surface area (Å²) in [5.41, 5.74) is 1.84. The highest BCUT2D eigenvalue weighted by Gasteiger charge is 2.06. The minimum atomic E-state index is -0.444. The largest absolute Gasteiger partial charge is 0.381 e. The molecule has 0 saturated heterocycles. The summed E-state index contributed by atoms with van der Waals surface area (Å²) in [6.07, 6.45) is 0. The van der Waals surface area contributed by atoms with Gasteiger partial charge in [0.25, 0.3) is 0 Å². The molecule has 2 nitrogen and oxygen atoms in total. The molecule has 0 heterocycles. The maximum absolute atomic E-state index is 13.7. The summed E-state index contributed by atoms with van der Waals surface area (Å²) in [4.78, 5) is 0. The molecule has 0 amide bonds. The van der Waals surface area contributed by atoms with Crippen LogP contribution in [0.25, 0.3) is 0 Å². The van der Waals surface area contributed by atoms with E-state index in [0.717, 1.165) is 0 Å². The zero-order valence-corrected chi connectivity index (χ0v) is 10.4. The van der Waals surface area contributed by atoms with E-state index >= 15 is 0 Å².